The zero-order valence-electron chi connectivity index (χ0n) is 33.8. The van der Waals surface area contributed by atoms with E-state index in [1.54, 1.807) is 11.3 Å². The van der Waals surface area contributed by atoms with Gasteiger partial charge in [-0.2, -0.15) is 0 Å². The molecule has 1 aromatic carbocycles. The molecule has 2 atom stereocenters. The molecule has 3 aromatic rings. The summed E-state index contributed by atoms with van der Waals surface area (Å²) in [6.07, 6.45) is 13.9. The van der Waals surface area contributed by atoms with Crippen LogP contribution in [0.3, 0.4) is 0 Å². The highest BCUT2D eigenvalue weighted by atomic mass is 32.1. The summed E-state index contributed by atoms with van der Waals surface area (Å²) in [7, 11) is 0. The smallest absolute Gasteiger partial charge is 0.355 e. The monoisotopic (exact) mass is 774 g/mol. The molecule has 4 saturated carbocycles. The van der Waals surface area contributed by atoms with E-state index in [1.807, 2.05) is 44.2 Å². The number of para-hydroxylation sites is 1. The maximum Gasteiger partial charge on any atom is 0.355 e. The zero-order valence-corrected chi connectivity index (χ0v) is 34.6. The molecule has 5 fully saturated rings. The predicted octanol–water partition coefficient (Wildman–Crippen LogP) is 8.79. The Hall–Kier alpha value is -4.22. The first kappa shape index (κ1) is 37.4. The van der Waals surface area contributed by atoms with E-state index in [2.05, 4.69) is 46.9 Å². The number of aliphatic imine (C=N–C) groups is 1. The van der Waals surface area contributed by atoms with Crippen LogP contribution in [0, 0.1) is 27.1 Å². The Bertz CT molecular complexity index is 2190. The van der Waals surface area contributed by atoms with Crippen LogP contribution in [0.25, 0.3) is 15.8 Å². The third-order valence-electron chi connectivity index (χ3n) is 15.5. The van der Waals surface area contributed by atoms with Crippen LogP contribution in [-0.4, -0.2) is 64.4 Å². The highest BCUT2D eigenvalue weighted by molar-refractivity contribution is 7.22. The summed E-state index contributed by atoms with van der Waals surface area (Å²) in [6.45, 7) is 16.5. The van der Waals surface area contributed by atoms with E-state index in [-0.39, 0.29) is 11.1 Å². The predicted molar refractivity (Wildman–Crippen MR) is 228 cm³/mol. The molecule has 2 aromatic heterocycles. The van der Waals surface area contributed by atoms with Crippen LogP contribution < -0.4 is 21.7 Å². The lowest BCUT2D eigenvalue weighted by Crippen LogP contribution is -2.98. The summed E-state index contributed by atoms with van der Waals surface area (Å²) in [5.41, 5.74) is 20.8. The number of pyridine rings is 1. The summed E-state index contributed by atoms with van der Waals surface area (Å²) in [4.78, 5) is 32.4. The number of nitrogens with two attached hydrogens (primary N) is 2. The van der Waals surface area contributed by atoms with Gasteiger partial charge in [0.25, 0.3) is 0 Å². The molecular formula is C45H58N8O2S. The lowest BCUT2D eigenvalue weighted by atomic mass is 9.00. The van der Waals surface area contributed by atoms with Crippen LogP contribution in [0.4, 0.5) is 10.9 Å². The molecule has 10 nitrogen and oxygen atoms in total. The molecule has 0 radical (unpaired) electrons. The molecule has 0 amide bonds. The number of aromatic carboxylic acids is 1. The molecule has 6 aliphatic rings. The molecule has 11 heteroatoms. The Morgan fingerprint density at radius 2 is 1.71 bits per heavy atom. The molecule has 2 aliphatic heterocycles. The van der Waals surface area contributed by atoms with Crippen LogP contribution >= 0.6 is 11.3 Å². The first-order chi connectivity index (χ1) is 26.8. The number of nitrogens with zero attached hydrogens (tertiary/aromatic N) is 5. The second kappa shape index (κ2) is 13.2. The van der Waals surface area contributed by atoms with Crippen molar-refractivity contribution >= 4 is 49.8 Å². The number of anilines is 2. The molecule has 56 heavy (non-hydrogen) atoms. The Labute approximate surface area is 335 Å². The number of carbonyl (C=O) groups is 1. The average molecular weight is 775 g/mol. The van der Waals surface area contributed by atoms with Gasteiger partial charge in [-0.25, -0.2) is 14.8 Å². The van der Waals surface area contributed by atoms with E-state index >= 15 is 0 Å². The minimum absolute atomic E-state index is 0.0165. The van der Waals surface area contributed by atoms with E-state index in [0.717, 1.165) is 63.8 Å². The van der Waals surface area contributed by atoms with Gasteiger partial charge in [-0.15, -0.1) is 0 Å². The van der Waals surface area contributed by atoms with Crippen molar-refractivity contribution in [3.63, 3.8) is 0 Å². The molecule has 9 rings (SSSR count). The number of likely N-dealkylation sites (tertiary alicyclic amines) is 1. The number of fused-ring (bicyclic) bond motifs is 1. The van der Waals surface area contributed by atoms with Gasteiger partial charge in [0.2, 0.25) is 0 Å². The molecule has 6 N–H and O–H groups in total. The first-order valence-electron chi connectivity index (χ1n) is 20.8. The summed E-state index contributed by atoms with van der Waals surface area (Å²) < 4.78 is 1.10. The SMILES string of the molecule is CC(=NCC12CC3(C)CC4(CCCN5CCCC5)CC(C)(C1)C342)/C(=C\N)c1ccc(N2CCCC(/C(C)=C(\N)Nc3nc4ccccc4s3)=C2C)nc1C(=O)O. The van der Waals surface area contributed by atoms with Crippen LogP contribution in [0.5, 0.6) is 0 Å². The molecule has 2 unspecified atom stereocenters. The third kappa shape index (κ3) is 5.14. The number of nitrogens with one attached hydrogen (secondary N) is 1. The maximum absolute atomic E-state index is 12.9. The van der Waals surface area contributed by atoms with Crippen LogP contribution in [-0.2, 0) is 0 Å². The number of hydrogen-bond acceptors (Lipinski definition) is 10. The third-order valence-corrected chi connectivity index (χ3v) is 16.5. The summed E-state index contributed by atoms with van der Waals surface area (Å²) >= 11 is 1.57. The molecule has 0 bridgehead atoms. The Kier molecular flexibility index (Phi) is 8.78. The van der Waals surface area contributed by atoms with Crippen molar-refractivity contribution in [2.45, 2.75) is 98.8 Å². The summed E-state index contributed by atoms with van der Waals surface area (Å²) in [5, 5.41) is 14.6. The second-order valence-corrected chi connectivity index (χ2v) is 19.6. The van der Waals surface area contributed by atoms with Crippen LogP contribution in [0.15, 0.2) is 70.3 Å². The average Bonchev–Trinajstić information content (AvgIpc) is 3.82. The van der Waals surface area contributed by atoms with Crippen molar-refractivity contribution in [3.8, 4) is 0 Å². The number of rotatable bonds is 13. The number of benzene rings is 1. The zero-order chi connectivity index (χ0) is 39.3. The number of carboxylic acid groups (broad SMARTS) is 1. The van der Waals surface area contributed by atoms with Gasteiger partial charge in [0.1, 0.15) is 11.6 Å². The van der Waals surface area contributed by atoms with Crippen LogP contribution in [0.1, 0.15) is 115 Å². The Balaban J connectivity index is 0.934. The van der Waals surface area contributed by atoms with Crippen molar-refractivity contribution in [2.75, 3.05) is 42.9 Å². The minimum Gasteiger partial charge on any atom is -0.476 e. The lowest BCUT2D eigenvalue weighted by Gasteiger charge is -3.03. The summed E-state index contributed by atoms with van der Waals surface area (Å²) in [6, 6.07) is 11.8. The molecule has 4 heterocycles. The van der Waals surface area contributed by atoms with Crippen molar-refractivity contribution in [2.24, 2.45) is 43.5 Å². The normalized spacial score (nSPS) is 32.8. The van der Waals surface area contributed by atoms with Gasteiger partial charge >= 0.3 is 5.97 Å². The van der Waals surface area contributed by atoms with Crippen LogP contribution in [0.2, 0.25) is 0 Å². The Morgan fingerprint density at radius 3 is 2.39 bits per heavy atom. The number of aromatic nitrogens is 2. The number of thiazole rings is 1. The molecular weight excluding hydrogens is 717 g/mol. The minimum atomic E-state index is -1.09. The van der Waals surface area contributed by atoms with Gasteiger partial charge in [0.05, 0.1) is 10.2 Å². The summed E-state index contributed by atoms with van der Waals surface area (Å²) in [5.74, 6) is 0.0593. The highest BCUT2D eigenvalue weighted by Gasteiger charge is 3.00. The first-order valence-corrected chi connectivity index (χ1v) is 21.6. The maximum atomic E-state index is 12.9. The van der Waals surface area contributed by atoms with Crippen molar-refractivity contribution in [1.82, 2.24) is 14.9 Å². The fraction of sp³-hybridized carbons (Fsp3) is 0.556. The largest absolute Gasteiger partial charge is 0.476 e. The van der Waals surface area contributed by atoms with Crippen molar-refractivity contribution in [1.29, 1.82) is 0 Å². The van der Waals surface area contributed by atoms with Gasteiger partial charge in [0, 0.05) is 41.8 Å². The fourth-order valence-corrected chi connectivity index (χ4v) is 15.6. The van der Waals surface area contributed by atoms with E-state index in [1.165, 1.54) is 77.2 Å². The molecule has 296 valence electrons. The van der Waals surface area contributed by atoms with Gasteiger partial charge in [-0.1, -0.05) is 37.3 Å². The molecule has 1 saturated heterocycles. The fourth-order valence-electron chi connectivity index (χ4n) is 14.7. The van der Waals surface area contributed by atoms with E-state index in [4.69, 9.17) is 21.4 Å². The lowest BCUT2D eigenvalue weighted by molar-refractivity contribution is -0.553. The number of hydrogen-bond donors (Lipinski definition) is 4. The van der Waals surface area contributed by atoms with E-state index in [9.17, 15) is 9.90 Å². The van der Waals surface area contributed by atoms with Gasteiger partial charge < -0.3 is 31.7 Å². The molecule has 4 aliphatic carbocycles. The molecule has 1 spiro atoms. The van der Waals surface area contributed by atoms with Gasteiger partial charge in [0.15, 0.2) is 10.8 Å². The highest BCUT2D eigenvalue weighted by Crippen LogP contribution is 3.06. The number of allylic oxidation sites excluding steroid dienone is 4. The van der Waals surface area contributed by atoms with Gasteiger partial charge in [-0.3, -0.25) is 4.99 Å². The standard InChI is InChI=1S/C45H58N8O2S/c1-28(38(47)51-40-49-34-13-6-7-14-35(34)56-40)31-12-10-21-53(30(31)3)36-16-15-32(37(50-36)39(54)55)33(22-46)29(2)48-27-44-25-41(4)23-43(17-11-20-52-18-8-9-19-52)24-42(5,26-44)45(41,43)44/h6-7,13-16,22H,8-12,17-21,23-27,46-47H2,1-5H3,(H,49,51)(H,54,55)/b33-22+,38-28+,48-29?. The van der Waals surface area contributed by atoms with Crippen molar-refractivity contribution in [3.05, 3.63) is 76.5 Å². The second-order valence-electron chi connectivity index (χ2n) is 18.6. The number of carboxylic acids is 1. The van der Waals surface area contributed by atoms with E-state index < -0.39 is 5.97 Å². The van der Waals surface area contributed by atoms with E-state index in [0.29, 0.717) is 44.4 Å². The van der Waals surface area contributed by atoms with Crippen molar-refractivity contribution < 1.29 is 9.90 Å². The quantitative estimate of drug-likeness (QED) is 0.125. The topological polar surface area (TPSA) is 146 Å². The van der Waals surface area contributed by atoms with Gasteiger partial charge in [-0.05, 0) is 167 Å². The Morgan fingerprint density at radius 1 is 1.00 bits per heavy atom.